The zero-order valence-electron chi connectivity index (χ0n) is 11.9. The molecule has 3 rings (SSSR count). The monoisotopic (exact) mass is 235 g/mol. The van der Waals surface area contributed by atoms with Crippen molar-refractivity contribution in [2.75, 3.05) is 6.54 Å². The summed E-state index contributed by atoms with van der Waals surface area (Å²) in [5.41, 5.74) is 1.14. The minimum atomic E-state index is 0.567. The molecule has 3 atom stereocenters. The lowest BCUT2D eigenvalue weighted by atomic mass is 9.69. The van der Waals surface area contributed by atoms with E-state index in [1.54, 1.807) is 0 Å². The van der Waals surface area contributed by atoms with Crippen LogP contribution >= 0.6 is 0 Å². The first-order chi connectivity index (χ1) is 8.04. The van der Waals surface area contributed by atoms with E-state index in [0.29, 0.717) is 10.8 Å². The maximum absolute atomic E-state index is 3.91. The first-order valence-corrected chi connectivity index (χ1v) is 7.77. The maximum atomic E-state index is 3.91. The molecule has 0 aromatic rings. The van der Waals surface area contributed by atoms with Gasteiger partial charge in [0, 0.05) is 6.04 Å². The molecule has 1 heteroatoms. The molecule has 98 valence electrons. The predicted octanol–water partition coefficient (Wildman–Crippen LogP) is 3.98. The summed E-state index contributed by atoms with van der Waals surface area (Å²) >= 11 is 0. The van der Waals surface area contributed by atoms with Gasteiger partial charge in [-0.3, -0.25) is 0 Å². The van der Waals surface area contributed by atoms with E-state index in [-0.39, 0.29) is 0 Å². The van der Waals surface area contributed by atoms with Crippen molar-refractivity contribution in [3.8, 4) is 0 Å². The Labute approximate surface area is 107 Å². The molecule has 17 heavy (non-hydrogen) atoms. The molecule has 0 spiro atoms. The fourth-order valence-corrected chi connectivity index (χ4v) is 4.76. The summed E-state index contributed by atoms with van der Waals surface area (Å²) in [5, 5.41) is 3.91. The summed E-state index contributed by atoms with van der Waals surface area (Å²) in [6.45, 7) is 8.84. The van der Waals surface area contributed by atoms with Crippen molar-refractivity contribution in [3.05, 3.63) is 0 Å². The molecular weight excluding hydrogens is 206 g/mol. The molecule has 0 heterocycles. The molecule has 0 aromatic carbocycles. The molecule has 0 aromatic heterocycles. The van der Waals surface area contributed by atoms with Crippen molar-refractivity contribution >= 4 is 0 Å². The second-order valence-corrected chi connectivity index (χ2v) is 7.70. The van der Waals surface area contributed by atoms with Crippen LogP contribution in [0, 0.1) is 22.7 Å². The van der Waals surface area contributed by atoms with Crippen LogP contribution in [0.1, 0.15) is 65.7 Å². The van der Waals surface area contributed by atoms with Crippen LogP contribution in [0.5, 0.6) is 0 Å². The molecule has 0 radical (unpaired) electrons. The van der Waals surface area contributed by atoms with E-state index in [9.17, 15) is 0 Å². The Kier molecular flexibility index (Phi) is 2.81. The minimum Gasteiger partial charge on any atom is -0.313 e. The number of rotatable bonds is 4. The third-order valence-electron chi connectivity index (χ3n) is 6.96. The van der Waals surface area contributed by atoms with Crippen LogP contribution in [-0.4, -0.2) is 12.6 Å². The van der Waals surface area contributed by atoms with E-state index < -0.39 is 0 Å². The van der Waals surface area contributed by atoms with E-state index in [1.807, 2.05) is 0 Å². The first-order valence-electron chi connectivity index (χ1n) is 7.77. The van der Waals surface area contributed by atoms with Crippen LogP contribution in [0.2, 0.25) is 0 Å². The Morgan fingerprint density at radius 2 is 1.88 bits per heavy atom. The first kappa shape index (κ1) is 12.0. The quantitative estimate of drug-likeness (QED) is 0.777. The van der Waals surface area contributed by atoms with Crippen molar-refractivity contribution in [3.63, 3.8) is 0 Å². The molecule has 1 N–H and O–H groups in total. The summed E-state index contributed by atoms with van der Waals surface area (Å²) in [6, 6.07) is 0.802. The number of hydrogen-bond acceptors (Lipinski definition) is 1. The van der Waals surface area contributed by atoms with Crippen LogP contribution in [0.3, 0.4) is 0 Å². The van der Waals surface area contributed by atoms with Gasteiger partial charge < -0.3 is 5.32 Å². The molecule has 3 unspecified atom stereocenters. The predicted molar refractivity (Wildman–Crippen MR) is 73.0 cm³/mol. The average Bonchev–Trinajstić information content (AvgIpc) is 2.54. The number of hydrogen-bond donors (Lipinski definition) is 1. The molecule has 1 nitrogen and oxygen atoms in total. The smallest absolute Gasteiger partial charge is 0.0129 e. The van der Waals surface area contributed by atoms with Gasteiger partial charge in [-0.2, -0.15) is 0 Å². The summed E-state index contributed by atoms with van der Waals surface area (Å²) < 4.78 is 0. The van der Waals surface area contributed by atoms with Crippen LogP contribution in [0.25, 0.3) is 0 Å². The highest BCUT2D eigenvalue weighted by atomic mass is 15.0. The number of fused-ring (bicyclic) bond motifs is 2. The van der Waals surface area contributed by atoms with Gasteiger partial charge in [0.1, 0.15) is 0 Å². The molecule has 0 aliphatic heterocycles. The lowest BCUT2D eigenvalue weighted by Crippen LogP contribution is -2.45. The van der Waals surface area contributed by atoms with E-state index in [4.69, 9.17) is 0 Å². The highest BCUT2D eigenvalue weighted by molar-refractivity contribution is 5.12. The van der Waals surface area contributed by atoms with E-state index in [1.165, 1.54) is 51.5 Å². The lowest BCUT2D eigenvalue weighted by Gasteiger charge is -2.40. The second-order valence-electron chi connectivity index (χ2n) is 7.70. The van der Waals surface area contributed by atoms with Gasteiger partial charge in [0.2, 0.25) is 0 Å². The van der Waals surface area contributed by atoms with Gasteiger partial charge in [0.05, 0.1) is 0 Å². The maximum Gasteiger partial charge on any atom is 0.0129 e. The Morgan fingerprint density at radius 1 is 1.12 bits per heavy atom. The van der Waals surface area contributed by atoms with Crippen molar-refractivity contribution in [1.82, 2.24) is 5.32 Å². The standard InChI is InChI=1S/C16H29N/c1-15(2)13-7-9-16(15,3)14(11-13)17-10-8-12-5-4-6-12/h12-14,17H,4-11H2,1-3H3. The summed E-state index contributed by atoms with van der Waals surface area (Å²) in [5.74, 6) is 2.04. The largest absolute Gasteiger partial charge is 0.313 e. The Morgan fingerprint density at radius 3 is 2.35 bits per heavy atom. The summed E-state index contributed by atoms with van der Waals surface area (Å²) in [4.78, 5) is 0. The van der Waals surface area contributed by atoms with Crippen LogP contribution in [0.15, 0.2) is 0 Å². The van der Waals surface area contributed by atoms with Gasteiger partial charge in [0.25, 0.3) is 0 Å². The van der Waals surface area contributed by atoms with Crippen LogP contribution < -0.4 is 5.32 Å². The Bertz CT molecular complexity index is 292. The van der Waals surface area contributed by atoms with Gasteiger partial charge in [-0.25, -0.2) is 0 Å². The normalized spacial score (nSPS) is 43.9. The van der Waals surface area contributed by atoms with Gasteiger partial charge >= 0.3 is 0 Å². The van der Waals surface area contributed by atoms with Crippen LogP contribution in [-0.2, 0) is 0 Å². The van der Waals surface area contributed by atoms with Crippen molar-refractivity contribution in [1.29, 1.82) is 0 Å². The lowest BCUT2D eigenvalue weighted by molar-refractivity contribution is 0.119. The Hall–Kier alpha value is -0.0400. The molecule has 3 aliphatic rings. The third kappa shape index (κ3) is 1.69. The van der Waals surface area contributed by atoms with Crippen molar-refractivity contribution in [2.45, 2.75) is 71.8 Å². The van der Waals surface area contributed by atoms with E-state index in [2.05, 4.69) is 26.1 Å². The van der Waals surface area contributed by atoms with E-state index in [0.717, 1.165) is 17.9 Å². The topological polar surface area (TPSA) is 12.0 Å². The highest BCUT2D eigenvalue weighted by Gasteiger charge is 2.60. The zero-order chi connectivity index (χ0) is 12.1. The second kappa shape index (κ2) is 3.98. The molecule has 2 bridgehead atoms. The van der Waals surface area contributed by atoms with Crippen molar-refractivity contribution < 1.29 is 0 Å². The van der Waals surface area contributed by atoms with Gasteiger partial charge in [-0.1, -0.05) is 40.0 Å². The zero-order valence-corrected chi connectivity index (χ0v) is 11.9. The molecule has 3 aliphatic carbocycles. The van der Waals surface area contributed by atoms with Gasteiger partial charge in [-0.15, -0.1) is 0 Å². The SMILES string of the molecule is CC1(C)C2CCC1(C)C(NCCC1CCC1)C2. The molecule has 3 fully saturated rings. The highest BCUT2D eigenvalue weighted by Crippen LogP contribution is 2.65. The van der Waals surface area contributed by atoms with Gasteiger partial charge in [-0.05, 0) is 54.9 Å². The minimum absolute atomic E-state index is 0.567. The third-order valence-corrected chi connectivity index (χ3v) is 6.96. The molecule has 0 amide bonds. The molecular formula is C16H29N. The summed E-state index contributed by atoms with van der Waals surface area (Å²) in [6.07, 6.45) is 10.3. The van der Waals surface area contributed by atoms with Crippen LogP contribution in [0.4, 0.5) is 0 Å². The molecule has 3 saturated carbocycles. The number of nitrogens with one attached hydrogen (secondary N) is 1. The van der Waals surface area contributed by atoms with Crippen molar-refractivity contribution in [2.24, 2.45) is 22.7 Å². The Balaban J connectivity index is 1.54. The summed E-state index contributed by atoms with van der Waals surface area (Å²) in [7, 11) is 0. The van der Waals surface area contributed by atoms with Gasteiger partial charge in [0.15, 0.2) is 0 Å². The van der Waals surface area contributed by atoms with E-state index >= 15 is 0 Å². The fourth-order valence-electron chi connectivity index (χ4n) is 4.76. The average molecular weight is 235 g/mol. The fraction of sp³-hybridized carbons (Fsp3) is 1.00. The molecule has 0 saturated heterocycles.